The van der Waals surface area contributed by atoms with Gasteiger partial charge in [-0.25, -0.2) is 19.3 Å². The molecule has 1 fully saturated rings. The molecule has 0 spiro atoms. The van der Waals surface area contributed by atoms with Crippen LogP contribution in [0.2, 0.25) is 0 Å². The lowest BCUT2D eigenvalue weighted by Gasteiger charge is -2.15. The van der Waals surface area contributed by atoms with Crippen LogP contribution in [-0.2, 0) is 9.30 Å². The number of hydrogen-bond acceptors (Lipinski definition) is 7. The van der Waals surface area contributed by atoms with Crippen molar-refractivity contribution in [2.45, 2.75) is 24.6 Å². The van der Waals surface area contributed by atoms with Gasteiger partial charge in [0, 0.05) is 11.4 Å². The summed E-state index contributed by atoms with van der Waals surface area (Å²) in [7, 11) is -4.50. The third-order valence-corrected chi connectivity index (χ3v) is 5.16. The number of ether oxygens (including phenoxy) is 1. The third-order valence-electron chi connectivity index (χ3n) is 4.60. The molecule has 31 heavy (non-hydrogen) atoms. The minimum atomic E-state index is -4.50. The second kappa shape index (κ2) is 8.25. The summed E-state index contributed by atoms with van der Waals surface area (Å²) in [5, 5.41) is 12.7. The van der Waals surface area contributed by atoms with Crippen LogP contribution in [-0.4, -0.2) is 58.7 Å². The first-order valence-electron chi connectivity index (χ1n) is 9.01. The largest absolute Gasteiger partial charge is 0.387 e. The van der Waals surface area contributed by atoms with Crippen LogP contribution in [0.4, 0.5) is 10.2 Å². The van der Waals surface area contributed by atoms with Crippen LogP contribution in [0.1, 0.15) is 16.6 Å². The maximum absolute atomic E-state index is 14.7. The average Bonchev–Trinajstić information content (AvgIpc) is 3.29. The summed E-state index contributed by atoms with van der Waals surface area (Å²) in [4.78, 5) is 42.5. The molecule has 162 valence electrons. The molecule has 4 N–H and O–H groups in total. The lowest BCUT2D eigenvalue weighted by Crippen LogP contribution is -2.27. The highest BCUT2D eigenvalue weighted by Crippen LogP contribution is 2.39. The van der Waals surface area contributed by atoms with Crippen molar-refractivity contribution in [2.24, 2.45) is 0 Å². The van der Waals surface area contributed by atoms with E-state index < -0.39 is 38.1 Å². The van der Waals surface area contributed by atoms with Crippen molar-refractivity contribution in [3.63, 3.8) is 0 Å². The number of aliphatic hydroxyl groups excluding tert-OH is 1. The van der Waals surface area contributed by atoms with Crippen molar-refractivity contribution in [3.05, 3.63) is 60.4 Å². The van der Waals surface area contributed by atoms with E-state index >= 15 is 0 Å². The Morgan fingerprint density at radius 2 is 1.97 bits per heavy atom. The Bertz CT molecular complexity index is 1180. The van der Waals surface area contributed by atoms with Crippen molar-refractivity contribution >= 4 is 30.5 Å². The van der Waals surface area contributed by atoms with Gasteiger partial charge in [0.05, 0.1) is 6.33 Å². The number of nitrogens with zero attached hydrogens (tertiary/aromatic N) is 4. The molecular formula is C18H17FN5O6P. The van der Waals surface area contributed by atoms with E-state index in [-0.39, 0.29) is 17.0 Å². The quantitative estimate of drug-likeness (QED) is 0.422. The first-order valence-corrected chi connectivity index (χ1v) is 10.7. The molecule has 1 amide bonds. The maximum Gasteiger partial charge on any atom is 0.348 e. The number of benzene rings is 1. The van der Waals surface area contributed by atoms with Gasteiger partial charge in [-0.2, -0.15) is 0 Å². The molecule has 1 aromatic carbocycles. The summed E-state index contributed by atoms with van der Waals surface area (Å²) in [5.41, 5.74) is 0.712. The Morgan fingerprint density at radius 3 is 2.68 bits per heavy atom. The summed E-state index contributed by atoms with van der Waals surface area (Å²) in [6.07, 6.45) is -2.95. The number of imidazole rings is 1. The highest BCUT2D eigenvalue weighted by Gasteiger charge is 2.45. The predicted molar refractivity (Wildman–Crippen MR) is 106 cm³/mol. The van der Waals surface area contributed by atoms with E-state index in [0.717, 1.165) is 12.4 Å². The lowest BCUT2D eigenvalue weighted by molar-refractivity contribution is -0.00168. The van der Waals surface area contributed by atoms with E-state index in [0.29, 0.717) is 11.4 Å². The second-order valence-corrected chi connectivity index (χ2v) is 8.20. The second-order valence-electron chi connectivity index (χ2n) is 6.72. The Kier molecular flexibility index (Phi) is 5.65. The van der Waals surface area contributed by atoms with Gasteiger partial charge >= 0.3 is 7.60 Å². The number of carbonyl (C=O) groups excluding carboxylic acids is 1. The molecule has 4 atom stereocenters. The Labute approximate surface area is 174 Å². The zero-order chi connectivity index (χ0) is 22.2. The minimum absolute atomic E-state index is 0.101. The SMILES string of the molecule is O=C(Nc1ncnc2c1ncn2[C@@H]1O[C@H](/C=C/P(=O)(O)O)[C@@H](O)[C@@H]1F)c1ccccc1. The zero-order valence-corrected chi connectivity index (χ0v) is 16.6. The first kappa shape index (κ1) is 21.2. The van der Waals surface area contributed by atoms with Gasteiger partial charge in [0.25, 0.3) is 5.91 Å². The first-order chi connectivity index (χ1) is 14.7. The fraction of sp³-hybridized carbons (Fsp3) is 0.222. The number of alkyl halides is 1. The molecule has 13 heteroatoms. The number of aromatic nitrogens is 4. The summed E-state index contributed by atoms with van der Waals surface area (Å²) in [6.45, 7) is 0. The normalized spacial score (nSPS) is 24.1. The molecule has 0 saturated carbocycles. The Balaban J connectivity index is 1.61. The summed E-state index contributed by atoms with van der Waals surface area (Å²) in [6, 6.07) is 8.44. The van der Waals surface area contributed by atoms with Gasteiger partial charge in [0.15, 0.2) is 29.4 Å². The van der Waals surface area contributed by atoms with Crippen molar-refractivity contribution in [3.8, 4) is 0 Å². The van der Waals surface area contributed by atoms with Crippen LogP contribution in [0.5, 0.6) is 0 Å². The van der Waals surface area contributed by atoms with Crippen molar-refractivity contribution in [2.75, 3.05) is 5.32 Å². The molecule has 4 rings (SSSR count). The number of anilines is 1. The third kappa shape index (κ3) is 4.38. The van der Waals surface area contributed by atoms with E-state index in [9.17, 15) is 18.9 Å². The van der Waals surface area contributed by atoms with E-state index in [4.69, 9.17) is 14.5 Å². The fourth-order valence-electron chi connectivity index (χ4n) is 3.14. The molecule has 2 aromatic heterocycles. The molecule has 3 aromatic rings. The molecule has 11 nitrogen and oxygen atoms in total. The smallest absolute Gasteiger partial charge is 0.348 e. The Morgan fingerprint density at radius 1 is 1.23 bits per heavy atom. The number of nitrogens with one attached hydrogen (secondary N) is 1. The van der Waals surface area contributed by atoms with Gasteiger partial charge in [-0.3, -0.25) is 13.9 Å². The average molecular weight is 449 g/mol. The van der Waals surface area contributed by atoms with Crippen LogP contribution in [0.25, 0.3) is 11.2 Å². The molecular weight excluding hydrogens is 432 g/mol. The van der Waals surface area contributed by atoms with E-state index in [1.165, 1.54) is 10.9 Å². The maximum atomic E-state index is 14.7. The highest BCUT2D eigenvalue weighted by atomic mass is 31.2. The lowest BCUT2D eigenvalue weighted by atomic mass is 10.1. The number of fused-ring (bicyclic) bond motifs is 1. The zero-order valence-electron chi connectivity index (χ0n) is 15.7. The van der Waals surface area contributed by atoms with Gasteiger partial charge in [-0.15, -0.1) is 0 Å². The summed E-state index contributed by atoms with van der Waals surface area (Å²) in [5.74, 6) is 0.222. The minimum Gasteiger partial charge on any atom is -0.387 e. The van der Waals surface area contributed by atoms with Crippen LogP contribution >= 0.6 is 7.60 Å². The molecule has 1 aliphatic rings. The van der Waals surface area contributed by atoms with Crippen LogP contribution < -0.4 is 5.32 Å². The predicted octanol–water partition coefficient (Wildman–Crippen LogP) is 1.37. The van der Waals surface area contributed by atoms with Gasteiger partial charge in [-0.1, -0.05) is 18.2 Å². The highest BCUT2D eigenvalue weighted by molar-refractivity contribution is 7.55. The summed E-state index contributed by atoms with van der Waals surface area (Å²) < 4.78 is 32.4. The van der Waals surface area contributed by atoms with Crippen LogP contribution in [0.15, 0.2) is 54.9 Å². The fourth-order valence-corrected chi connectivity index (χ4v) is 3.53. The van der Waals surface area contributed by atoms with Crippen molar-refractivity contribution < 1.29 is 33.4 Å². The monoisotopic (exact) mass is 449 g/mol. The molecule has 1 saturated heterocycles. The summed E-state index contributed by atoms with van der Waals surface area (Å²) >= 11 is 0. The van der Waals surface area contributed by atoms with Crippen molar-refractivity contribution in [1.82, 2.24) is 19.5 Å². The van der Waals surface area contributed by atoms with Crippen LogP contribution in [0.3, 0.4) is 0 Å². The molecule has 3 heterocycles. The number of carbonyl (C=O) groups is 1. The van der Waals surface area contributed by atoms with E-state index in [2.05, 4.69) is 20.3 Å². The molecule has 0 unspecified atom stereocenters. The molecule has 0 aliphatic carbocycles. The topological polar surface area (TPSA) is 160 Å². The number of amides is 1. The van der Waals surface area contributed by atoms with Crippen molar-refractivity contribution in [1.29, 1.82) is 0 Å². The van der Waals surface area contributed by atoms with E-state index in [1.54, 1.807) is 30.3 Å². The van der Waals surface area contributed by atoms with Gasteiger partial charge in [0.1, 0.15) is 18.5 Å². The number of hydrogen-bond donors (Lipinski definition) is 4. The Hall–Kier alpha value is -3.02. The molecule has 1 aliphatic heterocycles. The van der Waals surface area contributed by atoms with Crippen LogP contribution in [0, 0.1) is 0 Å². The molecule has 0 bridgehead atoms. The number of aliphatic hydroxyl groups is 1. The number of halogens is 1. The van der Waals surface area contributed by atoms with E-state index in [1.807, 2.05) is 0 Å². The standard InChI is InChI=1S/C18H17FN5O6P/c19-12-14(25)11(6-7-31(27,28)29)30-18(12)24-9-22-13-15(20-8-21-16(13)24)23-17(26)10-4-2-1-3-5-10/h1-9,11-12,14,18,25H,(H2,27,28,29)(H,20,21,23,26)/b7-6+/t11-,12+,14-,18-/m1/s1. The number of rotatable bonds is 5. The van der Waals surface area contributed by atoms with Gasteiger partial charge < -0.3 is 24.9 Å². The van der Waals surface area contributed by atoms with Gasteiger partial charge in [-0.05, 0) is 18.2 Å². The molecule has 0 radical (unpaired) electrons. The van der Waals surface area contributed by atoms with Gasteiger partial charge in [0.2, 0.25) is 0 Å².